The van der Waals surface area contributed by atoms with E-state index in [-0.39, 0.29) is 22.4 Å². The summed E-state index contributed by atoms with van der Waals surface area (Å²) in [6.07, 6.45) is 0. The standard InChI is InChI=1S/C17H15N3O6/c1-7-16-10(14(21)13(19-7)15(22)11(18)17(23)24)12(20-26-16)8-3-5-9(25-2)6-4-8/h3-6,11,21H,18H2,1-2H3,(H,23,24). The number of benzene rings is 1. The van der Waals surface area contributed by atoms with Crippen LogP contribution in [0.4, 0.5) is 0 Å². The van der Waals surface area contributed by atoms with Gasteiger partial charge in [-0.3, -0.25) is 9.59 Å². The summed E-state index contributed by atoms with van der Waals surface area (Å²) in [5.74, 6) is -2.43. The van der Waals surface area contributed by atoms with Gasteiger partial charge in [0.05, 0.1) is 18.2 Å². The Morgan fingerprint density at radius 3 is 2.50 bits per heavy atom. The van der Waals surface area contributed by atoms with Crippen LogP contribution in [0, 0.1) is 6.92 Å². The number of nitrogens with zero attached hydrogens (tertiary/aromatic N) is 2. The van der Waals surface area contributed by atoms with E-state index >= 15 is 0 Å². The third-order valence-corrected chi connectivity index (χ3v) is 3.91. The lowest BCUT2D eigenvalue weighted by molar-refractivity contribution is -0.137. The van der Waals surface area contributed by atoms with Crippen molar-refractivity contribution in [2.24, 2.45) is 5.73 Å². The summed E-state index contributed by atoms with van der Waals surface area (Å²) in [7, 11) is 1.53. The number of fused-ring (bicyclic) bond motifs is 1. The molecule has 3 rings (SSSR count). The molecule has 1 unspecified atom stereocenters. The molecule has 0 spiro atoms. The van der Waals surface area contributed by atoms with Crippen molar-refractivity contribution < 1.29 is 29.1 Å². The molecule has 2 heterocycles. The van der Waals surface area contributed by atoms with Crippen LogP contribution in [0.2, 0.25) is 0 Å². The number of carbonyl (C=O) groups excluding carboxylic acids is 1. The van der Waals surface area contributed by atoms with Gasteiger partial charge in [-0.2, -0.15) is 0 Å². The molecule has 4 N–H and O–H groups in total. The van der Waals surface area contributed by atoms with Crippen LogP contribution in [0.15, 0.2) is 28.8 Å². The maximum absolute atomic E-state index is 12.3. The van der Waals surface area contributed by atoms with Gasteiger partial charge in [-0.25, -0.2) is 4.98 Å². The number of nitrogens with two attached hydrogens (primary N) is 1. The Bertz CT molecular complexity index is 1010. The normalized spacial score (nSPS) is 12.1. The Morgan fingerprint density at radius 1 is 1.27 bits per heavy atom. The summed E-state index contributed by atoms with van der Waals surface area (Å²) >= 11 is 0. The number of ether oxygens (including phenoxy) is 1. The van der Waals surface area contributed by atoms with Crippen LogP contribution in [-0.4, -0.2) is 45.3 Å². The molecule has 0 saturated carbocycles. The molecule has 0 fully saturated rings. The van der Waals surface area contributed by atoms with Gasteiger partial charge in [0.1, 0.15) is 11.4 Å². The second-order valence-electron chi connectivity index (χ2n) is 5.54. The number of hydrogen-bond acceptors (Lipinski definition) is 8. The number of aliphatic carboxylic acids is 1. The van der Waals surface area contributed by atoms with Gasteiger partial charge < -0.3 is 25.2 Å². The highest BCUT2D eigenvalue weighted by Gasteiger charge is 2.30. The molecule has 9 heteroatoms. The van der Waals surface area contributed by atoms with E-state index in [9.17, 15) is 14.7 Å². The molecule has 0 aliphatic heterocycles. The summed E-state index contributed by atoms with van der Waals surface area (Å²) in [6.45, 7) is 1.55. The van der Waals surface area contributed by atoms with Crippen LogP contribution < -0.4 is 10.5 Å². The van der Waals surface area contributed by atoms with E-state index in [1.807, 2.05) is 0 Å². The molecule has 134 valence electrons. The monoisotopic (exact) mass is 357 g/mol. The number of carbonyl (C=O) groups is 2. The van der Waals surface area contributed by atoms with Gasteiger partial charge >= 0.3 is 5.97 Å². The Hall–Kier alpha value is -3.46. The van der Waals surface area contributed by atoms with Crippen molar-refractivity contribution in [3.8, 4) is 22.8 Å². The van der Waals surface area contributed by atoms with Crippen molar-refractivity contribution in [1.29, 1.82) is 0 Å². The molecule has 0 bridgehead atoms. The largest absolute Gasteiger partial charge is 0.505 e. The molecule has 1 aromatic carbocycles. The lowest BCUT2D eigenvalue weighted by Crippen LogP contribution is -2.39. The average molecular weight is 357 g/mol. The van der Waals surface area contributed by atoms with Crippen molar-refractivity contribution in [3.63, 3.8) is 0 Å². The highest BCUT2D eigenvalue weighted by Crippen LogP contribution is 2.37. The Balaban J connectivity index is 2.21. The van der Waals surface area contributed by atoms with Crippen LogP contribution in [-0.2, 0) is 4.79 Å². The number of ketones is 1. The predicted molar refractivity (Wildman–Crippen MR) is 90.1 cm³/mol. The summed E-state index contributed by atoms with van der Waals surface area (Å²) < 4.78 is 10.4. The minimum Gasteiger partial charge on any atom is -0.505 e. The molecule has 0 aliphatic rings. The maximum atomic E-state index is 12.3. The molecule has 1 atom stereocenters. The second-order valence-corrected chi connectivity index (χ2v) is 5.54. The molecule has 0 saturated heterocycles. The molecular formula is C17H15N3O6. The molecule has 0 radical (unpaired) electrons. The fraction of sp³-hybridized carbons (Fsp3) is 0.176. The smallest absolute Gasteiger partial charge is 0.328 e. The van der Waals surface area contributed by atoms with E-state index in [4.69, 9.17) is 20.1 Å². The zero-order valence-corrected chi connectivity index (χ0v) is 13.9. The van der Waals surface area contributed by atoms with E-state index < -0.39 is 29.2 Å². The summed E-state index contributed by atoms with van der Waals surface area (Å²) in [5.41, 5.74) is 6.26. The van der Waals surface area contributed by atoms with E-state index in [0.29, 0.717) is 11.3 Å². The summed E-state index contributed by atoms with van der Waals surface area (Å²) in [6, 6.07) is 4.97. The Morgan fingerprint density at radius 2 is 1.92 bits per heavy atom. The number of Topliss-reactive ketones (excluding diaryl/α,β-unsaturated/α-hetero) is 1. The van der Waals surface area contributed by atoms with Crippen molar-refractivity contribution in [2.45, 2.75) is 13.0 Å². The number of methoxy groups -OCH3 is 1. The average Bonchev–Trinajstić information content (AvgIpc) is 3.09. The first kappa shape index (κ1) is 17.4. The third kappa shape index (κ3) is 2.74. The van der Waals surface area contributed by atoms with Gasteiger partial charge in [0.2, 0.25) is 5.78 Å². The van der Waals surface area contributed by atoms with E-state index in [2.05, 4.69) is 10.1 Å². The van der Waals surface area contributed by atoms with Gasteiger partial charge in [0.15, 0.2) is 23.1 Å². The number of rotatable bonds is 5. The van der Waals surface area contributed by atoms with Gasteiger partial charge in [0.25, 0.3) is 0 Å². The summed E-state index contributed by atoms with van der Waals surface area (Å²) in [5, 5.41) is 23.6. The van der Waals surface area contributed by atoms with E-state index in [1.54, 1.807) is 31.2 Å². The predicted octanol–water partition coefficient (Wildman–Crippen LogP) is 1.51. The van der Waals surface area contributed by atoms with Crippen LogP contribution >= 0.6 is 0 Å². The number of carboxylic acids is 1. The topological polar surface area (TPSA) is 149 Å². The van der Waals surface area contributed by atoms with E-state index in [1.165, 1.54) is 7.11 Å². The first-order valence-electron chi connectivity index (χ1n) is 7.51. The van der Waals surface area contributed by atoms with Crippen molar-refractivity contribution >= 4 is 22.7 Å². The number of carboxylic acid groups (broad SMARTS) is 1. The molecule has 0 aliphatic carbocycles. The SMILES string of the molecule is COc1ccc(-c2noc3c(C)nc(C(=O)C(N)C(=O)O)c(O)c23)cc1. The van der Waals surface area contributed by atoms with Gasteiger partial charge in [0, 0.05) is 5.56 Å². The quantitative estimate of drug-likeness (QED) is 0.456. The number of hydrogen-bond donors (Lipinski definition) is 3. The second kappa shape index (κ2) is 6.45. The lowest BCUT2D eigenvalue weighted by atomic mass is 10.0. The highest BCUT2D eigenvalue weighted by molar-refractivity contribution is 6.14. The minimum absolute atomic E-state index is 0.156. The summed E-state index contributed by atoms with van der Waals surface area (Å²) in [4.78, 5) is 27.2. The first-order valence-corrected chi connectivity index (χ1v) is 7.51. The minimum atomic E-state index is -1.84. The molecule has 2 aromatic heterocycles. The number of aromatic nitrogens is 2. The third-order valence-electron chi connectivity index (χ3n) is 3.91. The molecule has 26 heavy (non-hydrogen) atoms. The van der Waals surface area contributed by atoms with Crippen LogP contribution in [0.5, 0.6) is 11.5 Å². The Labute approximate surface area is 147 Å². The van der Waals surface area contributed by atoms with Crippen LogP contribution in [0.3, 0.4) is 0 Å². The first-order chi connectivity index (χ1) is 12.3. The molecule has 3 aromatic rings. The van der Waals surface area contributed by atoms with E-state index in [0.717, 1.165) is 0 Å². The van der Waals surface area contributed by atoms with Gasteiger partial charge in [-0.1, -0.05) is 5.16 Å². The zero-order valence-electron chi connectivity index (χ0n) is 13.9. The van der Waals surface area contributed by atoms with Crippen LogP contribution in [0.1, 0.15) is 16.2 Å². The molecule has 9 nitrogen and oxygen atoms in total. The van der Waals surface area contributed by atoms with Gasteiger partial charge in [-0.05, 0) is 31.2 Å². The fourth-order valence-corrected chi connectivity index (χ4v) is 2.52. The lowest BCUT2D eigenvalue weighted by Gasteiger charge is -2.09. The maximum Gasteiger partial charge on any atom is 0.328 e. The van der Waals surface area contributed by atoms with Crippen molar-refractivity contribution in [1.82, 2.24) is 10.1 Å². The fourth-order valence-electron chi connectivity index (χ4n) is 2.52. The van der Waals surface area contributed by atoms with Gasteiger partial charge in [-0.15, -0.1) is 0 Å². The molecular weight excluding hydrogens is 342 g/mol. The number of aromatic hydroxyl groups is 1. The highest BCUT2D eigenvalue weighted by atomic mass is 16.5. The van der Waals surface area contributed by atoms with Crippen LogP contribution in [0.25, 0.3) is 22.2 Å². The van der Waals surface area contributed by atoms with Crippen molar-refractivity contribution in [2.75, 3.05) is 7.11 Å². The zero-order chi connectivity index (χ0) is 19.0. The number of pyridine rings is 1. The Kier molecular flexibility index (Phi) is 4.31. The number of aryl methyl sites for hydroxylation is 1. The van der Waals surface area contributed by atoms with Crippen molar-refractivity contribution in [3.05, 3.63) is 35.7 Å². The molecule has 0 amide bonds.